The molecule has 1 aliphatic rings. The number of nitrogens with one attached hydrogen (secondary N) is 1. The Labute approximate surface area is 127 Å². The van der Waals surface area contributed by atoms with E-state index >= 15 is 0 Å². The van der Waals surface area contributed by atoms with E-state index in [1.807, 2.05) is 11.8 Å². The van der Waals surface area contributed by atoms with Gasteiger partial charge < -0.3 is 10.1 Å². The molecule has 112 valence electrons. The second-order valence-electron chi connectivity index (χ2n) is 6.62. The van der Waals surface area contributed by atoms with Crippen LogP contribution in [-0.4, -0.2) is 24.0 Å². The lowest BCUT2D eigenvalue weighted by Crippen LogP contribution is -2.35. The first-order valence-corrected chi connectivity index (χ1v) is 8.41. The molecule has 2 rings (SSSR count). The van der Waals surface area contributed by atoms with Crippen molar-refractivity contribution >= 4 is 11.8 Å². The van der Waals surface area contributed by atoms with Crippen LogP contribution < -0.4 is 5.32 Å². The standard InChI is InChI=1S/C17H27NOS/c1-13-11-16(20-15-7-9-19-10-8-15)6-5-14(13)12-18-17(2,3)4/h5-6,11,15,18H,7-10,12H2,1-4H3. The molecule has 0 bridgehead atoms. The van der Waals surface area contributed by atoms with Crippen LogP contribution in [0.25, 0.3) is 0 Å². The zero-order chi connectivity index (χ0) is 14.6. The van der Waals surface area contributed by atoms with E-state index in [4.69, 9.17) is 4.74 Å². The molecule has 0 radical (unpaired) electrons. The fourth-order valence-corrected chi connectivity index (χ4v) is 3.49. The normalized spacial score (nSPS) is 17.4. The molecule has 1 saturated heterocycles. The molecular weight excluding hydrogens is 266 g/mol. The molecule has 0 aromatic heterocycles. The smallest absolute Gasteiger partial charge is 0.0476 e. The Morgan fingerprint density at radius 3 is 2.55 bits per heavy atom. The molecule has 20 heavy (non-hydrogen) atoms. The van der Waals surface area contributed by atoms with Gasteiger partial charge in [0.05, 0.1) is 0 Å². The minimum Gasteiger partial charge on any atom is -0.381 e. The van der Waals surface area contributed by atoms with E-state index in [1.165, 1.54) is 28.9 Å². The Balaban J connectivity index is 1.94. The molecule has 1 aliphatic heterocycles. The number of hydrogen-bond donors (Lipinski definition) is 1. The molecule has 1 heterocycles. The van der Waals surface area contributed by atoms with E-state index in [2.05, 4.69) is 51.2 Å². The van der Waals surface area contributed by atoms with Gasteiger partial charge in [0.25, 0.3) is 0 Å². The lowest BCUT2D eigenvalue weighted by molar-refractivity contribution is 0.100. The van der Waals surface area contributed by atoms with Crippen LogP contribution >= 0.6 is 11.8 Å². The third kappa shape index (κ3) is 5.12. The van der Waals surface area contributed by atoms with Crippen molar-refractivity contribution in [3.8, 4) is 0 Å². The van der Waals surface area contributed by atoms with Crippen molar-refractivity contribution in [1.82, 2.24) is 5.32 Å². The summed E-state index contributed by atoms with van der Waals surface area (Å²) in [6.07, 6.45) is 2.36. The first kappa shape index (κ1) is 15.9. The number of aryl methyl sites for hydroxylation is 1. The van der Waals surface area contributed by atoms with Gasteiger partial charge in [-0.1, -0.05) is 6.07 Å². The molecule has 0 atom stereocenters. The summed E-state index contributed by atoms with van der Waals surface area (Å²) >= 11 is 2.01. The summed E-state index contributed by atoms with van der Waals surface area (Å²) in [6.45, 7) is 11.6. The van der Waals surface area contributed by atoms with E-state index < -0.39 is 0 Å². The highest BCUT2D eigenvalue weighted by molar-refractivity contribution is 8.00. The lowest BCUT2D eigenvalue weighted by Gasteiger charge is -2.23. The summed E-state index contributed by atoms with van der Waals surface area (Å²) in [7, 11) is 0. The van der Waals surface area contributed by atoms with Gasteiger partial charge >= 0.3 is 0 Å². The van der Waals surface area contributed by atoms with Crippen molar-refractivity contribution in [2.24, 2.45) is 0 Å². The average molecular weight is 293 g/mol. The monoisotopic (exact) mass is 293 g/mol. The van der Waals surface area contributed by atoms with Crippen LogP contribution in [0.15, 0.2) is 23.1 Å². The summed E-state index contributed by atoms with van der Waals surface area (Å²) in [5.74, 6) is 0. The van der Waals surface area contributed by atoms with Crippen molar-refractivity contribution in [3.05, 3.63) is 29.3 Å². The second kappa shape index (κ2) is 6.97. The minimum absolute atomic E-state index is 0.169. The van der Waals surface area contributed by atoms with E-state index in [1.54, 1.807) is 0 Å². The summed E-state index contributed by atoms with van der Waals surface area (Å²) in [5, 5.41) is 4.28. The van der Waals surface area contributed by atoms with E-state index in [0.29, 0.717) is 0 Å². The molecule has 1 fully saturated rings. The number of hydrogen-bond acceptors (Lipinski definition) is 3. The van der Waals surface area contributed by atoms with Gasteiger partial charge in [0, 0.05) is 35.4 Å². The predicted octanol–water partition coefficient (Wildman–Crippen LogP) is 4.15. The first-order chi connectivity index (χ1) is 9.44. The molecule has 3 heteroatoms. The third-order valence-electron chi connectivity index (χ3n) is 3.59. The molecule has 0 amide bonds. The molecule has 0 saturated carbocycles. The molecular formula is C17H27NOS. The fraction of sp³-hybridized carbons (Fsp3) is 0.647. The maximum atomic E-state index is 5.42. The molecule has 1 N–H and O–H groups in total. The molecule has 1 aromatic rings. The van der Waals surface area contributed by atoms with Gasteiger partial charge in [-0.25, -0.2) is 0 Å². The topological polar surface area (TPSA) is 21.3 Å². The van der Waals surface area contributed by atoms with Crippen LogP contribution in [0, 0.1) is 6.92 Å². The van der Waals surface area contributed by atoms with Crippen LogP contribution in [0.4, 0.5) is 0 Å². The minimum atomic E-state index is 0.169. The Morgan fingerprint density at radius 1 is 1.25 bits per heavy atom. The van der Waals surface area contributed by atoms with Crippen molar-refractivity contribution in [2.75, 3.05) is 13.2 Å². The highest BCUT2D eigenvalue weighted by Gasteiger charge is 2.15. The Hall–Kier alpha value is -0.510. The number of thioether (sulfide) groups is 1. The van der Waals surface area contributed by atoms with Crippen LogP contribution in [0.5, 0.6) is 0 Å². The summed E-state index contributed by atoms with van der Waals surface area (Å²) in [6, 6.07) is 6.88. The highest BCUT2D eigenvalue weighted by Crippen LogP contribution is 2.30. The SMILES string of the molecule is Cc1cc(SC2CCOCC2)ccc1CNC(C)(C)C. The van der Waals surface area contributed by atoms with Gasteiger partial charge in [-0.05, 0) is 63.8 Å². The summed E-state index contributed by atoms with van der Waals surface area (Å²) in [4.78, 5) is 1.40. The zero-order valence-electron chi connectivity index (χ0n) is 13.2. The van der Waals surface area contributed by atoms with Gasteiger partial charge in [0.15, 0.2) is 0 Å². The van der Waals surface area contributed by atoms with E-state index in [9.17, 15) is 0 Å². The third-order valence-corrected chi connectivity index (χ3v) is 4.93. The van der Waals surface area contributed by atoms with Crippen molar-refractivity contribution < 1.29 is 4.74 Å². The Morgan fingerprint density at radius 2 is 1.95 bits per heavy atom. The van der Waals surface area contributed by atoms with Crippen LogP contribution in [0.1, 0.15) is 44.7 Å². The first-order valence-electron chi connectivity index (χ1n) is 7.53. The maximum Gasteiger partial charge on any atom is 0.0476 e. The molecule has 0 spiro atoms. The van der Waals surface area contributed by atoms with Gasteiger partial charge in [0.1, 0.15) is 0 Å². The number of rotatable bonds is 4. The largest absolute Gasteiger partial charge is 0.381 e. The Bertz CT molecular complexity index is 433. The van der Waals surface area contributed by atoms with E-state index in [-0.39, 0.29) is 5.54 Å². The van der Waals surface area contributed by atoms with Gasteiger partial charge in [0.2, 0.25) is 0 Å². The maximum absolute atomic E-state index is 5.42. The quantitative estimate of drug-likeness (QED) is 0.901. The number of benzene rings is 1. The van der Waals surface area contributed by atoms with Crippen LogP contribution in [0.2, 0.25) is 0 Å². The lowest BCUT2D eigenvalue weighted by atomic mass is 10.1. The Kier molecular flexibility index (Phi) is 5.53. The summed E-state index contributed by atoms with van der Waals surface area (Å²) < 4.78 is 5.42. The fourth-order valence-electron chi connectivity index (χ4n) is 2.29. The van der Waals surface area contributed by atoms with Gasteiger partial charge in [-0.2, -0.15) is 0 Å². The average Bonchev–Trinajstić information content (AvgIpc) is 2.38. The highest BCUT2D eigenvalue weighted by atomic mass is 32.2. The second-order valence-corrected chi connectivity index (χ2v) is 8.00. The predicted molar refractivity (Wildman–Crippen MR) is 87.5 cm³/mol. The van der Waals surface area contributed by atoms with Gasteiger partial charge in [-0.3, -0.25) is 0 Å². The molecule has 0 unspecified atom stereocenters. The summed E-state index contributed by atoms with van der Waals surface area (Å²) in [5.41, 5.74) is 2.96. The van der Waals surface area contributed by atoms with Crippen LogP contribution in [-0.2, 0) is 11.3 Å². The van der Waals surface area contributed by atoms with Crippen molar-refractivity contribution in [3.63, 3.8) is 0 Å². The van der Waals surface area contributed by atoms with Gasteiger partial charge in [-0.15, -0.1) is 11.8 Å². The molecule has 1 aromatic carbocycles. The van der Waals surface area contributed by atoms with Crippen molar-refractivity contribution in [2.45, 2.75) is 62.8 Å². The molecule has 2 nitrogen and oxygen atoms in total. The number of ether oxygens (including phenoxy) is 1. The van der Waals surface area contributed by atoms with Crippen molar-refractivity contribution in [1.29, 1.82) is 0 Å². The van der Waals surface area contributed by atoms with E-state index in [0.717, 1.165) is 25.0 Å². The molecule has 0 aliphatic carbocycles. The van der Waals surface area contributed by atoms with Crippen LogP contribution in [0.3, 0.4) is 0 Å². The zero-order valence-corrected chi connectivity index (χ0v) is 14.0.